The number of nitrogens with zero attached hydrogens (tertiary/aromatic N) is 2. The first-order chi connectivity index (χ1) is 11.8. The van der Waals surface area contributed by atoms with E-state index in [1.165, 1.54) is 22.5 Å². The summed E-state index contributed by atoms with van der Waals surface area (Å²) in [4.78, 5) is 5.91. The van der Waals surface area contributed by atoms with Gasteiger partial charge in [0.25, 0.3) is 0 Å². The van der Waals surface area contributed by atoms with Crippen molar-refractivity contribution in [2.75, 3.05) is 6.54 Å². The molecule has 0 unspecified atom stereocenters. The molecule has 2 heterocycles. The van der Waals surface area contributed by atoms with Gasteiger partial charge >= 0.3 is 0 Å². The minimum absolute atomic E-state index is 0.608. The minimum Gasteiger partial charge on any atom is -0.330 e. The molecule has 4 rings (SSSR count). The van der Waals surface area contributed by atoms with Gasteiger partial charge < -0.3 is 5.73 Å². The summed E-state index contributed by atoms with van der Waals surface area (Å²) in [6.45, 7) is 2.72. The highest BCUT2D eigenvalue weighted by atomic mass is 32.1. The molecule has 0 bridgehead atoms. The zero-order valence-corrected chi connectivity index (χ0v) is 14.4. The van der Waals surface area contributed by atoms with Crippen LogP contribution >= 0.6 is 11.3 Å². The molecule has 0 aliphatic heterocycles. The van der Waals surface area contributed by atoms with Crippen molar-refractivity contribution >= 4 is 16.3 Å². The highest BCUT2D eigenvalue weighted by molar-refractivity contribution is 7.15. The Kier molecular flexibility index (Phi) is 3.92. The van der Waals surface area contributed by atoms with Crippen molar-refractivity contribution in [3.8, 4) is 22.5 Å². The maximum Gasteiger partial charge on any atom is 0.194 e. The monoisotopic (exact) mass is 333 g/mol. The molecule has 0 fully saturated rings. The van der Waals surface area contributed by atoms with Crippen LogP contribution in [0.25, 0.3) is 27.5 Å². The summed E-state index contributed by atoms with van der Waals surface area (Å²) in [5, 5.41) is 2.18. The fourth-order valence-corrected chi connectivity index (χ4v) is 3.95. The largest absolute Gasteiger partial charge is 0.330 e. The predicted octanol–water partition coefficient (Wildman–Crippen LogP) is 4.54. The highest BCUT2D eigenvalue weighted by Gasteiger charge is 2.18. The van der Waals surface area contributed by atoms with Gasteiger partial charge in [0, 0.05) is 17.4 Å². The second kappa shape index (κ2) is 6.23. The summed E-state index contributed by atoms with van der Waals surface area (Å²) in [7, 11) is 0. The smallest absolute Gasteiger partial charge is 0.194 e. The van der Waals surface area contributed by atoms with E-state index in [1.54, 1.807) is 11.3 Å². The van der Waals surface area contributed by atoms with E-state index in [0.29, 0.717) is 6.54 Å². The standard InChI is InChI=1S/C20H19N3S/c1-14-7-9-15(10-8-14)18-13-24-20-22-19(16-5-3-2-4-6-16)17(11-12-21)23(18)20/h2-10,13H,11-12,21H2,1H3. The Labute approximate surface area is 145 Å². The van der Waals surface area contributed by atoms with Crippen molar-refractivity contribution in [3.05, 3.63) is 71.2 Å². The lowest BCUT2D eigenvalue weighted by molar-refractivity contribution is 0.914. The summed E-state index contributed by atoms with van der Waals surface area (Å²) in [5.41, 5.74) is 12.9. The van der Waals surface area contributed by atoms with Gasteiger partial charge in [-0.2, -0.15) is 0 Å². The number of aryl methyl sites for hydroxylation is 1. The number of nitrogens with two attached hydrogens (primary N) is 1. The summed E-state index contributed by atoms with van der Waals surface area (Å²) >= 11 is 1.68. The number of imidazole rings is 1. The first-order valence-electron chi connectivity index (χ1n) is 8.09. The molecule has 0 spiro atoms. The van der Waals surface area contributed by atoms with E-state index in [9.17, 15) is 0 Å². The third-order valence-electron chi connectivity index (χ3n) is 4.23. The van der Waals surface area contributed by atoms with Crippen molar-refractivity contribution in [1.29, 1.82) is 0 Å². The van der Waals surface area contributed by atoms with Crippen LogP contribution in [0.15, 0.2) is 60.0 Å². The van der Waals surface area contributed by atoms with Gasteiger partial charge in [-0.3, -0.25) is 4.40 Å². The molecule has 4 aromatic rings. The molecule has 0 atom stereocenters. The zero-order chi connectivity index (χ0) is 16.5. The van der Waals surface area contributed by atoms with Crippen molar-refractivity contribution in [2.24, 2.45) is 5.73 Å². The molecule has 3 nitrogen and oxygen atoms in total. The van der Waals surface area contributed by atoms with Crippen LogP contribution in [0.3, 0.4) is 0 Å². The van der Waals surface area contributed by atoms with Gasteiger partial charge in [0.15, 0.2) is 4.96 Å². The van der Waals surface area contributed by atoms with Crippen molar-refractivity contribution in [2.45, 2.75) is 13.3 Å². The molecule has 0 amide bonds. The van der Waals surface area contributed by atoms with E-state index in [4.69, 9.17) is 10.7 Å². The molecule has 4 heteroatoms. The Morgan fingerprint density at radius 2 is 1.75 bits per heavy atom. The van der Waals surface area contributed by atoms with Gasteiger partial charge in [0.1, 0.15) is 0 Å². The molecule has 2 N–H and O–H groups in total. The summed E-state index contributed by atoms with van der Waals surface area (Å²) < 4.78 is 2.27. The molecule has 2 aromatic carbocycles. The van der Waals surface area contributed by atoms with Crippen LogP contribution in [0.2, 0.25) is 0 Å². The normalized spacial score (nSPS) is 11.2. The zero-order valence-electron chi connectivity index (χ0n) is 13.6. The Balaban J connectivity index is 1.94. The SMILES string of the molecule is Cc1ccc(-c2csc3nc(-c4ccccc4)c(CCN)n23)cc1. The van der Waals surface area contributed by atoms with Crippen LogP contribution in [-0.4, -0.2) is 15.9 Å². The van der Waals surface area contributed by atoms with Crippen LogP contribution < -0.4 is 5.73 Å². The van der Waals surface area contributed by atoms with E-state index in [-0.39, 0.29) is 0 Å². The van der Waals surface area contributed by atoms with Gasteiger partial charge in [-0.05, 0) is 19.0 Å². The number of rotatable bonds is 4. The lowest BCUT2D eigenvalue weighted by atomic mass is 10.1. The number of hydrogen-bond acceptors (Lipinski definition) is 3. The number of hydrogen-bond donors (Lipinski definition) is 1. The predicted molar refractivity (Wildman–Crippen MR) is 101 cm³/mol. The van der Waals surface area contributed by atoms with Gasteiger partial charge in [-0.1, -0.05) is 60.2 Å². The van der Waals surface area contributed by atoms with Gasteiger partial charge in [0.05, 0.1) is 17.1 Å². The van der Waals surface area contributed by atoms with E-state index < -0.39 is 0 Å². The Bertz CT molecular complexity index is 965. The number of aromatic nitrogens is 2. The van der Waals surface area contributed by atoms with Gasteiger partial charge in [0.2, 0.25) is 0 Å². The molecule has 0 aliphatic carbocycles. The maximum atomic E-state index is 5.90. The van der Waals surface area contributed by atoms with Crippen molar-refractivity contribution in [3.63, 3.8) is 0 Å². The Morgan fingerprint density at radius 1 is 1.00 bits per heavy atom. The average molecular weight is 333 g/mol. The van der Waals surface area contributed by atoms with Gasteiger partial charge in [-0.15, -0.1) is 11.3 Å². The third-order valence-corrected chi connectivity index (χ3v) is 5.06. The van der Waals surface area contributed by atoms with Crippen LogP contribution in [0.4, 0.5) is 0 Å². The highest BCUT2D eigenvalue weighted by Crippen LogP contribution is 2.33. The van der Waals surface area contributed by atoms with Crippen LogP contribution in [0, 0.1) is 6.92 Å². The quantitative estimate of drug-likeness (QED) is 0.596. The molecule has 0 aliphatic rings. The third kappa shape index (κ3) is 2.54. The summed E-state index contributed by atoms with van der Waals surface area (Å²) in [5.74, 6) is 0. The number of benzene rings is 2. The molecule has 0 saturated heterocycles. The molecular weight excluding hydrogens is 314 g/mol. The van der Waals surface area contributed by atoms with Crippen LogP contribution in [0.1, 0.15) is 11.3 Å². The number of fused-ring (bicyclic) bond motifs is 1. The van der Waals surface area contributed by atoms with E-state index in [2.05, 4.69) is 65.2 Å². The summed E-state index contributed by atoms with van der Waals surface area (Å²) in [6, 6.07) is 19.0. The van der Waals surface area contributed by atoms with Crippen LogP contribution in [-0.2, 0) is 6.42 Å². The minimum atomic E-state index is 0.608. The molecular formula is C20H19N3S. The van der Waals surface area contributed by atoms with E-state index >= 15 is 0 Å². The Hall–Kier alpha value is -2.43. The van der Waals surface area contributed by atoms with Crippen LogP contribution in [0.5, 0.6) is 0 Å². The second-order valence-corrected chi connectivity index (χ2v) is 6.75. The Morgan fingerprint density at radius 3 is 2.46 bits per heavy atom. The van der Waals surface area contributed by atoms with E-state index in [1.807, 2.05) is 6.07 Å². The maximum absolute atomic E-state index is 5.90. The molecule has 120 valence electrons. The van der Waals surface area contributed by atoms with Crippen molar-refractivity contribution < 1.29 is 0 Å². The lowest BCUT2D eigenvalue weighted by Gasteiger charge is -2.07. The van der Waals surface area contributed by atoms with Gasteiger partial charge in [-0.25, -0.2) is 4.98 Å². The van der Waals surface area contributed by atoms with E-state index in [0.717, 1.165) is 22.6 Å². The fraction of sp³-hybridized carbons (Fsp3) is 0.150. The average Bonchev–Trinajstić information content (AvgIpc) is 3.17. The molecule has 24 heavy (non-hydrogen) atoms. The van der Waals surface area contributed by atoms with Crippen molar-refractivity contribution in [1.82, 2.24) is 9.38 Å². The first-order valence-corrected chi connectivity index (χ1v) is 8.97. The molecule has 0 radical (unpaired) electrons. The lowest BCUT2D eigenvalue weighted by Crippen LogP contribution is -2.06. The fourth-order valence-electron chi connectivity index (χ4n) is 3.04. The second-order valence-electron chi connectivity index (χ2n) is 5.92. The molecule has 2 aromatic heterocycles. The first kappa shape index (κ1) is 15.1. The number of thiazole rings is 1. The summed E-state index contributed by atoms with van der Waals surface area (Å²) in [6.07, 6.45) is 0.807. The topological polar surface area (TPSA) is 43.3 Å². The molecule has 0 saturated carbocycles.